The molecule has 2 rings (SSSR count). The molecule has 1 aromatic rings. The fourth-order valence-corrected chi connectivity index (χ4v) is 2.67. The summed E-state index contributed by atoms with van der Waals surface area (Å²) in [5.74, 6) is -1.40. The highest BCUT2D eigenvalue weighted by molar-refractivity contribution is 5.97. The maximum atomic E-state index is 12.1. The summed E-state index contributed by atoms with van der Waals surface area (Å²) in [5.41, 5.74) is 0.982. The van der Waals surface area contributed by atoms with Crippen LogP contribution in [0.2, 0.25) is 0 Å². The van der Waals surface area contributed by atoms with Crippen molar-refractivity contribution >= 4 is 11.9 Å². The number of carboxylic acid groups (broad SMARTS) is 1. The number of rotatable bonds is 6. The number of carbonyl (C=O) groups is 2. The summed E-state index contributed by atoms with van der Waals surface area (Å²) in [7, 11) is 0. The molecule has 132 valence electrons. The van der Waals surface area contributed by atoms with Gasteiger partial charge in [0, 0.05) is 25.8 Å². The Labute approximate surface area is 146 Å². The first kappa shape index (κ1) is 18.3. The zero-order valence-electron chi connectivity index (χ0n) is 13.8. The molecule has 1 aromatic carbocycles. The van der Waals surface area contributed by atoms with Crippen molar-refractivity contribution < 1.29 is 19.8 Å². The third-order valence-corrected chi connectivity index (χ3v) is 4.19. The van der Waals surface area contributed by atoms with Crippen molar-refractivity contribution in [1.82, 2.24) is 10.2 Å². The van der Waals surface area contributed by atoms with Gasteiger partial charge < -0.3 is 20.4 Å². The first-order valence-corrected chi connectivity index (χ1v) is 8.14. The van der Waals surface area contributed by atoms with Crippen LogP contribution in [-0.2, 0) is 16.0 Å². The predicted molar refractivity (Wildman–Crippen MR) is 90.4 cm³/mol. The number of piperidine rings is 1. The monoisotopic (exact) mass is 343 g/mol. The minimum absolute atomic E-state index is 0.0134. The summed E-state index contributed by atoms with van der Waals surface area (Å²) < 4.78 is 0. The van der Waals surface area contributed by atoms with Crippen LogP contribution < -0.4 is 5.32 Å². The second-order valence-corrected chi connectivity index (χ2v) is 5.98. The van der Waals surface area contributed by atoms with Gasteiger partial charge in [0.1, 0.15) is 17.4 Å². The highest BCUT2D eigenvalue weighted by Gasteiger charge is 2.23. The van der Waals surface area contributed by atoms with E-state index in [0.717, 1.165) is 5.56 Å². The zero-order chi connectivity index (χ0) is 18.2. The van der Waals surface area contributed by atoms with Crippen LogP contribution >= 0.6 is 0 Å². The summed E-state index contributed by atoms with van der Waals surface area (Å²) in [5, 5.41) is 30.1. The quantitative estimate of drug-likeness (QED) is 0.529. The second kappa shape index (κ2) is 8.73. The van der Waals surface area contributed by atoms with Gasteiger partial charge in [-0.3, -0.25) is 9.59 Å². The smallest absolute Gasteiger partial charge is 0.306 e. The number of carbonyl (C=O) groups excluding carboxylic acids is 1. The summed E-state index contributed by atoms with van der Waals surface area (Å²) in [6.07, 6.45) is 3.11. The van der Waals surface area contributed by atoms with E-state index in [0.29, 0.717) is 38.9 Å². The number of likely N-dealkylation sites (tertiary alicyclic amines) is 1. The Bertz CT molecular complexity index is 683. The van der Waals surface area contributed by atoms with Gasteiger partial charge >= 0.3 is 5.97 Å². The standard InChI is InChI=1S/C18H21N3O4/c19-11-15(12-21-9-6-14(7-10-21)18(24)25)17(23)20-8-5-13-1-3-16(22)4-2-13/h1-4,12,14,22H,5-10H2,(H,20,23)(H,24,25)/b15-12-. The van der Waals surface area contributed by atoms with Gasteiger partial charge in [0.2, 0.25) is 0 Å². The number of amides is 1. The first-order valence-electron chi connectivity index (χ1n) is 8.14. The molecule has 0 atom stereocenters. The summed E-state index contributed by atoms with van der Waals surface area (Å²) in [6, 6.07) is 8.61. The number of nitrogens with one attached hydrogen (secondary N) is 1. The molecule has 1 aliphatic heterocycles. The van der Waals surface area contributed by atoms with E-state index >= 15 is 0 Å². The van der Waals surface area contributed by atoms with E-state index in [4.69, 9.17) is 5.11 Å². The van der Waals surface area contributed by atoms with Crippen LogP contribution in [0.3, 0.4) is 0 Å². The molecule has 0 saturated carbocycles. The van der Waals surface area contributed by atoms with E-state index in [-0.39, 0.29) is 17.2 Å². The van der Waals surface area contributed by atoms with Gasteiger partial charge in [0.05, 0.1) is 5.92 Å². The second-order valence-electron chi connectivity index (χ2n) is 5.98. The number of aromatic hydroxyl groups is 1. The third kappa shape index (κ3) is 5.53. The van der Waals surface area contributed by atoms with Gasteiger partial charge in [-0.15, -0.1) is 0 Å². The van der Waals surface area contributed by atoms with Gasteiger partial charge in [-0.1, -0.05) is 12.1 Å². The number of hydrogen-bond donors (Lipinski definition) is 3. The van der Waals surface area contributed by atoms with Crippen LogP contribution in [-0.4, -0.2) is 46.6 Å². The van der Waals surface area contributed by atoms with Gasteiger partial charge in [-0.25, -0.2) is 0 Å². The Balaban J connectivity index is 1.83. The van der Waals surface area contributed by atoms with E-state index in [2.05, 4.69) is 5.32 Å². The zero-order valence-corrected chi connectivity index (χ0v) is 13.8. The highest BCUT2D eigenvalue weighted by atomic mass is 16.4. The molecule has 3 N–H and O–H groups in total. The average Bonchev–Trinajstić information content (AvgIpc) is 2.61. The van der Waals surface area contributed by atoms with E-state index < -0.39 is 11.9 Å². The summed E-state index contributed by atoms with van der Waals surface area (Å²) in [4.78, 5) is 24.9. The van der Waals surface area contributed by atoms with Crippen LogP contribution in [0.4, 0.5) is 0 Å². The van der Waals surface area contributed by atoms with Crippen LogP contribution in [0.15, 0.2) is 36.0 Å². The fraction of sp³-hybridized carbons (Fsp3) is 0.389. The molecule has 0 spiro atoms. The SMILES string of the molecule is N#C/C(=C/N1CCC(C(=O)O)CC1)C(=O)NCCc1ccc(O)cc1. The molecule has 0 bridgehead atoms. The Morgan fingerprint density at radius 1 is 1.28 bits per heavy atom. The molecule has 1 saturated heterocycles. The Morgan fingerprint density at radius 2 is 1.92 bits per heavy atom. The van der Waals surface area contributed by atoms with E-state index in [1.165, 1.54) is 6.20 Å². The van der Waals surface area contributed by atoms with Crippen molar-refractivity contribution in [2.45, 2.75) is 19.3 Å². The molecule has 1 aliphatic rings. The lowest BCUT2D eigenvalue weighted by Crippen LogP contribution is -2.34. The maximum absolute atomic E-state index is 12.1. The molecule has 1 fully saturated rings. The van der Waals surface area contributed by atoms with Crippen molar-refractivity contribution in [3.8, 4) is 11.8 Å². The fourth-order valence-electron chi connectivity index (χ4n) is 2.67. The van der Waals surface area contributed by atoms with Crippen LogP contribution in [0.25, 0.3) is 0 Å². The Hall–Kier alpha value is -3.01. The molecular weight excluding hydrogens is 322 g/mol. The number of carboxylic acids is 1. The minimum Gasteiger partial charge on any atom is -0.508 e. The van der Waals surface area contributed by atoms with E-state index in [1.54, 1.807) is 24.3 Å². The number of benzene rings is 1. The lowest BCUT2D eigenvalue weighted by Gasteiger charge is -2.29. The van der Waals surface area contributed by atoms with Gasteiger partial charge in [0.15, 0.2) is 0 Å². The molecule has 7 heteroatoms. The first-order chi connectivity index (χ1) is 12.0. The van der Waals surface area contributed by atoms with Gasteiger partial charge in [0.25, 0.3) is 5.91 Å². The van der Waals surface area contributed by atoms with Crippen LogP contribution in [0.5, 0.6) is 5.75 Å². The van der Waals surface area contributed by atoms with Crippen molar-refractivity contribution in [3.63, 3.8) is 0 Å². The minimum atomic E-state index is -0.795. The number of nitriles is 1. The molecule has 25 heavy (non-hydrogen) atoms. The molecule has 7 nitrogen and oxygen atoms in total. The number of phenols is 1. The third-order valence-electron chi connectivity index (χ3n) is 4.19. The molecular formula is C18H21N3O4. The van der Waals surface area contributed by atoms with Crippen molar-refractivity contribution in [2.75, 3.05) is 19.6 Å². The lowest BCUT2D eigenvalue weighted by molar-refractivity contribution is -0.143. The van der Waals surface area contributed by atoms with Crippen molar-refractivity contribution in [1.29, 1.82) is 5.26 Å². The van der Waals surface area contributed by atoms with Crippen LogP contribution in [0, 0.1) is 17.2 Å². The molecule has 0 radical (unpaired) electrons. The predicted octanol–water partition coefficient (Wildman–Crippen LogP) is 1.25. The molecule has 0 unspecified atom stereocenters. The number of aliphatic carboxylic acids is 1. The maximum Gasteiger partial charge on any atom is 0.306 e. The molecule has 0 aliphatic carbocycles. The van der Waals surface area contributed by atoms with E-state index in [1.807, 2.05) is 11.0 Å². The highest BCUT2D eigenvalue weighted by Crippen LogP contribution is 2.18. The largest absolute Gasteiger partial charge is 0.508 e. The van der Waals surface area contributed by atoms with Crippen molar-refractivity contribution in [2.24, 2.45) is 5.92 Å². The topological polar surface area (TPSA) is 114 Å². The number of nitrogens with zero attached hydrogens (tertiary/aromatic N) is 2. The molecule has 1 amide bonds. The number of hydrogen-bond acceptors (Lipinski definition) is 5. The van der Waals surface area contributed by atoms with Crippen molar-refractivity contribution in [3.05, 3.63) is 41.6 Å². The van der Waals surface area contributed by atoms with Gasteiger partial charge in [-0.2, -0.15) is 5.26 Å². The van der Waals surface area contributed by atoms with E-state index in [9.17, 15) is 20.0 Å². The summed E-state index contributed by atoms with van der Waals surface area (Å²) >= 11 is 0. The average molecular weight is 343 g/mol. The Kier molecular flexibility index (Phi) is 6.40. The normalized spacial score (nSPS) is 15.5. The molecule has 0 aromatic heterocycles. The summed E-state index contributed by atoms with van der Waals surface area (Å²) in [6.45, 7) is 1.41. The molecule has 1 heterocycles. The number of phenolic OH excluding ortho intramolecular Hbond substituents is 1. The lowest BCUT2D eigenvalue weighted by atomic mass is 9.97. The Morgan fingerprint density at radius 3 is 2.48 bits per heavy atom. The van der Waals surface area contributed by atoms with Gasteiger partial charge in [-0.05, 0) is 37.0 Å². The van der Waals surface area contributed by atoms with Crippen LogP contribution in [0.1, 0.15) is 18.4 Å².